The number of pyridine rings is 1. The van der Waals surface area contributed by atoms with Crippen molar-refractivity contribution in [3.63, 3.8) is 0 Å². The second-order valence-corrected chi connectivity index (χ2v) is 7.68. The molecule has 0 aliphatic rings. The lowest BCUT2D eigenvalue weighted by atomic mass is 9.88. The molecule has 1 aromatic carbocycles. The minimum absolute atomic E-state index is 0.121. The first-order valence-corrected chi connectivity index (χ1v) is 9.10. The zero-order valence-corrected chi connectivity index (χ0v) is 16.4. The molecular formula is C21H24F4N2O. The number of aromatic nitrogens is 1. The van der Waals surface area contributed by atoms with Crippen molar-refractivity contribution in [3.05, 3.63) is 64.5 Å². The van der Waals surface area contributed by atoms with E-state index in [4.69, 9.17) is 0 Å². The first kappa shape index (κ1) is 21.9. The Kier molecular flexibility index (Phi) is 6.47. The van der Waals surface area contributed by atoms with E-state index >= 15 is 0 Å². The van der Waals surface area contributed by atoms with Crippen LogP contribution in [-0.2, 0) is 18.1 Å². The van der Waals surface area contributed by atoms with Crippen molar-refractivity contribution in [3.8, 4) is 0 Å². The molecule has 0 unspecified atom stereocenters. The van der Waals surface area contributed by atoms with Gasteiger partial charge in [0.05, 0.1) is 11.1 Å². The van der Waals surface area contributed by atoms with Crippen molar-refractivity contribution < 1.29 is 22.4 Å². The zero-order chi connectivity index (χ0) is 21.1. The number of carbonyl (C=O) groups is 1. The minimum Gasteiger partial charge on any atom is -0.333 e. The molecule has 28 heavy (non-hydrogen) atoms. The maximum absolute atomic E-state index is 14.0. The predicted octanol–water partition coefficient (Wildman–Crippen LogP) is 5.48. The van der Waals surface area contributed by atoms with Gasteiger partial charge < -0.3 is 4.57 Å². The highest BCUT2D eigenvalue weighted by atomic mass is 19.4. The highest BCUT2D eigenvalue weighted by molar-refractivity contribution is 5.95. The van der Waals surface area contributed by atoms with Crippen LogP contribution in [0.4, 0.5) is 17.6 Å². The molecule has 2 rings (SSSR count). The Morgan fingerprint density at radius 2 is 1.71 bits per heavy atom. The first-order chi connectivity index (χ1) is 12.9. The largest absolute Gasteiger partial charge is 0.416 e. The molecular weight excluding hydrogens is 372 g/mol. The molecule has 7 heteroatoms. The number of alkyl halides is 3. The fourth-order valence-corrected chi connectivity index (χ4v) is 2.62. The molecule has 0 atom stereocenters. The van der Waals surface area contributed by atoms with Gasteiger partial charge in [-0.1, -0.05) is 40.2 Å². The van der Waals surface area contributed by atoms with E-state index in [9.17, 15) is 22.4 Å². The van der Waals surface area contributed by atoms with E-state index in [1.54, 1.807) is 10.6 Å². The van der Waals surface area contributed by atoms with Crippen molar-refractivity contribution in [2.24, 2.45) is 4.99 Å². The summed E-state index contributed by atoms with van der Waals surface area (Å²) < 4.78 is 54.4. The Bertz CT molecular complexity index is 921. The number of benzene rings is 1. The second-order valence-electron chi connectivity index (χ2n) is 7.68. The van der Waals surface area contributed by atoms with Crippen LogP contribution in [0.15, 0.2) is 41.5 Å². The summed E-state index contributed by atoms with van der Waals surface area (Å²) in [6, 6.07) is 5.20. The van der Waals surface area contributed by atoms with Crippen molar-refractivity contribution in [1.82, 2.24) is 4.57 Å². The average molecular weight is 396 g/mol. The standard InChI is InChI=1S/C21H24F4N2O/c1-5-6-11-27-13-15(20(2,3)4)8-10-18(27)26-19(28)16-12-14(21(23,24)25)7-9-17(16)22/h7-10,12-13H,5-6,11H2,1-4H3. The minimum atomic E-state index is -4.67. The lowest BCUT2D eigenvalue weighted by molar-refractivity contribution is -0.137. The van der Waals surface area contributed by atoms with E-state index in [-0.39, 0.29) is 10.9 Å². The van der Waals surface area contributed by atoms with Gasteiger partial charge in [0.15, 0.2) is 0 Å². The van der Waals surface area contributed by atoms with Crippen molar-refractivity contribution in [2.45, 2.75) is 58.7 Å². The van der Waals surface area contributed by atoms with E-state index in [1.165, 1.54) is 0 Å². The van der Waals surface area contributed by atoms with Crippen LogP contribution in [0.5, 0.6) is 0 Å². The number of hydrogen-bond acceptors (Lipinski definition) is 1. The number of unbranched alkanes of at least 4 members (excludes halogenated alkanes) is 1. The molecule has 2 aromatic rings. The molecule has 0 saturated carbocycles. The van der Waals surface area contributed by atoms with Gasteiger partial charge in [0.1, 0.15) is 11.3 Å². The monoisotopic (exact) mass is 396 g/mol. The zero-order valence-electron chi connectivity index (χ0n) is 16.4. The van der Waals surface area contributed by atoms with Crippen LogP contribution in [0.2, 0.25) is 0 Å². The quantitative estimate of drug-likeness (QED) is 0.630. The average Bonchev–Trinajstić information content (AvgIpc) is 2.59. The molecule has 0 aliphatic carbocycles. The maximum atomic E-state index is 14.0. The van der Waals surface area contributed by atoms with Gasteiger partial charge in [-0.2, -0.15) is 18.2 Å². The van der Waals surface area contributed by atoms with Crippen LogP contribution in [0.25, 0.3) is 0 Å². The lowest BCUT2D eigenvalue weighted by Crippen LogP contribution is -2.25. The fourth-order valence-electron chi connectivity index (χ4n) is 2.62. The molecule has 152 valence electrons. The highest BCUT2D eigenvalue weighted by Gasteiger charge is 2.32. The van der Waals surface area contributed by atoms with Crippen LogP contribution >= 0.6 is 0 Å². The molecule has 1 aromatic heterocycles. The van der Waals surface area contributed by atoms with E-state index in [0.717, 1.165) is 18.4 Å². The third-order valence-electron chi connectivity index (χ3n) is 4.36. The maximum Gasteiger partial charge on any atom is 0.416 e. The smallest absolute Gasteiger partial charge is 0.333 e. The van der Waals surface area contributed by atoms with E-state index in [0.29, 0.717) is 24.7 Å². The van der Waals surface area contributed by atoms with Gasteiger partial charge in [0.2, 0.25) is 0 Å². The highest BCUT2D eigenvalue weighted by Crippen LogP contribution is 2.30. The van der Waals surface area contributed by atoms with Gasteiger partial charge in [-0.25, -0.2) is 4.39 Å². The van der Waals surface area contributed by atoms with Crippen molar-refractivity contribution in [1.29, 1.82) is 0 Å². The Balaban J connectivity index is 2.53. The third-order valence-corrected chi connectivity index (χ3v) is 4.36. The van der Waals surface area contributed by atoms with Gasteiger partial charge in [-0.3, -0.25) is 4.79 Å². The Morgan fingerprint density at radius 3 is 2.29 bits per heavy atom. The SMILES string of the molecule is CCCCn1cc(C(C)(C)C)ccc1=NC(=O)c1cc(C(F)(F)F)ccc1F. The van der Waals surface area contributed by atoms with E-state index < -0.39 is 29.0 Å². The van der Waals surface area contributed by atoms with Crippen LogP contribution < -0.4 is 5.49 Å². The topological polar surface area (TPSA) is 34.4 Å². The molecule has 0 radical (unpaired) electrons. The van der Waals surface area contributed by atoms with Gasteiger partial charge in [-0.15, -0.1) is 0 Å². The summed E-state index contributed by atoms with van der Waals surface area (Å²) in [4.78, 5) is 16.3. The van der Waals surface area contributed by atoms with Crippen LogP contribution in [-0.4, -0.2) is 10.5 Å². The predicted molar refractivity (Wildman–Crippen MR) is 99.3 cm³/mol. The van der Waals surface area contributed by atoms with Gasteiger partial charge in [-0.05, 0) is 41.7 Å². The second kappa shape index (κ2) is 8.29. The van der Waals surface area contributed by atoms with Crippen molar-refractivity contribution in [2.75, 3.05) is 0 Å². The molecule has 0 bridgehead atoms. The van der Waals surface area contributed by atoms with Gasteiger partial charge in [0, 0.05) is 12.7 Å². The lowest BCUT2D eigenvalue weighted by Gasteiger charge is -2.20. The number of amides is 1. The van der Waals surface area contributed by atoms with Crippen LogP contribution in [0.3, 0.4) is 0 Å². The van der Waals surface area contributed by atoms with E-state index in [2.05, 4.69) is 4.99 Å². The Morgan fingerprint density at radius 1 is 1.07 bits per heavy atom. The van der Waals surface area contributed by atoms with Crippen molar-refractivity contribution >= 4 is 5.91 Å². The summed E-state index contributed by atoms with van der Waals surface area (Å²) in [6.45, 7) is 8.76. The Hall–Kier alpha value is -2.44. The summed E-state index contributed by atoms with van der Waals surface area (Å²) in [5.74, 6) is -2.08. The number of rotatable bonds is 4. The number of aryl methyl sites for hydroxylation is 1. The number of hydrogen-bond donors (Lipinski definition) is 0. The summed E-state index contributed by atoms with van der Waals surface area (Å²) in [7, 11) is 0. The summed E-state index contributed by atoms with van der Waals surface area (Å²) >= 11 is 0. The molecule has 3 nitrogen and oxygen atoms in total. The van der Waals surface area contributed by atoms with Crippen LogP contribution in [0.1, 0.15) is 62.0 Å². The molecule has 1 heterocycles. The summed E-state index contributed by atoms with van der Waals surface area (Å²) in [5, 5.41) is 0. The van der Waals surface area contributed by atoms with Gasteiger partial charge >= 0.3 is 6.18 Å². The summed E-state index contributed by atoms with van der Waals surface area (Å²) in [6.07, 6.45) is -1.03. The number of nitrogens with zero attached hydrogens (tertiary/aromatic N) is 2. The Labute approximate surface area is 161 Å². The molecule has 1 amide bonds. The number of carbonyl (C=O) groups excluding carboxylic acids is 1. The number of halogens is 4. The first-order valence-electron chi connectivity index (χ1n) is 9.10. The molecule has 0 fully saturated rings. The molecule has 0 aliphatic heterocycles. The molecule has 0 spiro atoms. The van der Waals surface area contributed by atoms with Crippen LogP contribution in [0, 0.1) is 5.82 Å². The molecule has 0 saturated heterocycles. The summed E-state index contributed by atoms with van der Waals surface area (Å²) in [5.41, 5.74) is -0.599. The fraction of sp³-hybridized carbons (Fsp3) is 0.429. The third kappa shape index (κ3) is 5.30. The normalized spacial score (nSPS) is 13.1. The van der Waals surface area contributed by atoms with Gasteiger partial charge in [0.25, 0.3) is 5.91 Å². The van der Waals surface area contributed by atoms with E-state index in [1.807, 2.05) is 40.0 Å². The molecule has 0 N–H and O–H groups in total.